The summed E-state index contributed by atoms with van der Waals surface area (Å²) in [5.74, 6) is -0.168. The number of carbonyl (C=O) groups is 3. The van der Waals surface area contributed by atoms with Crippen molar-refractivity contribution in [3.63, 3.8) is 0 Å². The fourth-order valence-corrected chi connectivity index (χ4v) is 4.98. The van der Waals surface area contributed by atoms with Crippen LogP contribution >= 0.6 is 11.3 Å². The molecule has 0 spiro atoms. The summed E-state index contributed by atoms with van der Waals surface area (Å²) in [6.45, 7) is 6.23. The number of nitrogens with zero attached hydrogens (tertiary/aromatic N) is 3. The Kier molecular flexibility index (Phi) is 4.90. The molecule has 1 N–H and O–H groups in total. The lowest BCUT2D eigenvalue weighted by Gasteiger charge is -2.48. The maximum absolute atomic E-state index is 13.2. The predicted octanol–water partition coefficient (Wildman–Crippen LogP) is 3.48. The van der Waals surface area contributed by atoms with E-state index in [0.29, 0.717) is 42.2 Å². The monoisotopic (exact) mass is 412 g/mol. The van der Waals surface area contributed by atoms with E-state index < -0.39 is 5.66 Å². The van der Waals surface area contributed by atoms with Gasteiger partial charge in [0.05, 0.1) is 16.9 Å². The second kappa shape index (κ2) is 7.26. The molecular formula is C21H24N4O3S. The predicted molar refractivity (Wildman–Crippen MR) is 112 cm³/mol. The molecule has 8 heteroatoms. The van der Waals surface area contributed by atoms with Gasteiger partial charge in [-0.2, -0.15) is 0 Å². The van der Waals surface area contributed by atoms with E-state index >= 15 is 0 Å². The van der Waals surface area contributed by atoms with Gasteiger partial charge >= 0.3 is 0 Å². The number of rotatable bonds is 5. The third-order valence-electron chi connectivity index (χ3n) is 5.81. The number of thiazole rings is 1. The molecule has 1 atom stereocenters. The number of para-hydroxylation sites is 1. The summed E-state index contributed by atoms with van der Waals surface area (Å²) in [5, 5.41) is 3.44. The Morgan fingerprint density at radius 3 is 2.76 bits per heavy atom. The Morgan fingerprint density at radius 1 is 1.28 bits per heavy atom. The van der Waals surface area contributed by atoms with Gasteiger partial charge in [0.25, 0.3) is 5.91 Å². The number of aryl methyl sites for hydroxylation is 2. The Balaban J connectivity index is 1.46. The van der Waals surface area contributed by atoms with Crippen molar-refractivity contribution in [1.82, 2.24) is 9.88 Å². The molecular weight excluding hydrogens is 388 g/mol. The zero-order valence-electron chi connectivity index (χ0n) is 16.8. The first kappa shape index (κ1) is 19.6. The van der Waals surface area contributed by atoms with Gasteiger partial charge in [-0.1, -0.05) is 12.1 Å². The third-order valence-corrected chi connectivity index (χ3v) is 6.79. The SMILES string of the molecule is Cc1nc(NC(=O)CCCN2C(=O)c3ccccc3N3C(=O)CC[C@]23C)sc1C. The van der Waals surface area contributed by atoms with Crippen molar-refractivity contribution >= 4 is 39.9 Å². The van der Waals surface area contributed by atoms with Crippen molar-refractivity contribution in [3.8, 4) is 0 Å². The molecule has 1 fully saturated rings. The molecule has 1 aromatic heterocycles. The van der Waals surface area contributed by atoms with Crippen molar-refractivity contribution in [2.24, 2.45) is 0 Å². The number of nitrogens with one attached hydrogen (secondary N) is 1. The molecule has 7 nitrogen and oxygen atoms in total. The minimum Gasteiger partial charge on any atom is -0.315 e. The molecule has 0 saturated carbocycles. The van der Waals surface area contributed by atoms with Crippen LogP contribution in [0.4, 0.5) is 10.8 Å². The Hall–Kier alpha value is -2.74. The smallest absolute Gasteiger partial charge is 0.257 e. The summed E-state index contributed by atoms with van der Waals surface area (Å²) >= 11 is 1.46. The van der Waals surface area contributed by atoms with Crippen LogP contribution in [0.1, 0.15) is 53.5 Å². The highest BCUT2D eigenvalue weighted by Crippen LogP contribution is 2.44. The summed E-state index contributed by atoms with van der Waals surface area (Å²) < 4.78 is 0. The van der Waals surface area contributed by atoms with Gasteiger partial charge in [0.2, 0.25) is 11.8 Å². The van der Waals surface area contributed by atoms with E-state index in [1.54, 1.807) is 15.9 Å². The summed E-state index contributed by atoms with van der Waals surface area (Å²) in [5.41, 5.74) is 1.47. The zero-order valence-corrected chi connectivity index (χ0v) is 17.6. The van der Waals surface area contributed by atoms with Crippen LogP contribution in [0.3, 0.4) is 0 Å². The van der Waals surface area contributed by atoms with E-state index in [1.165, 1.54) is 11.3 Å². The van der Waals surface area contributed by atoms with Crippen LogP contribution in [0.15, 0.2) is 24.3 Å². The van der Waals surface area contributed by atoms with Crippen LogP contribution in [-0.4, -0.2) is 39.8 Å². The van der Waals surface area contributed by atoms with Gasteiger partial charge in [-0.3, -0.25) is 19.3 Å². The second-order valence-corrected chi connectivity index (χ2v) is 8.94. The molecule has 2 aromatic rings. The maximum Gasteiger partial charge on any atom is 0.257 e. The molecule has 1 aromatic carbocycles. The molecule has 3 amide bonds. The first-order valence-electron chi connectivity index (χ1n) is 9.79. The zero-order chi connectivity index (χ0) is 20.8. The van der Waals surface area contributed by atoms with E-state index in [1.807, 2.05) is 39.0 Å². The van der Waals surface area contributed by atoms with E-state index in [2.05, 4.69) is 10.3 Å². The molecule has 2 aliphatic rings. The summed E-state index contributed by atoms with van der Waals surface area (Å²) in [7, 11) is 0. The fourth-order valence-electron chi connectivity index (χ4n) is 4.15. The summed E-state index contributed by atoms with van der Waals surface area (Å²) in [6.07, 6.45) is 1.81. The van der Waals surface area contributed by atoms with E-state index in [4.69, 9.17) is 0 Å². The molecule has 0 bridgehead atoms. The third kappa shape index (κ3) is 3.31. The van der Waals surface area contributed by atoms with E-state index in [-0.39, 0.29) is 24.1 Å². The molecule has 1 saturated heterocycles. The maximum atomic E-state index is 13.2. The average molecular weight is 413 g/mol. The van der Waals surface area contributed by atoms with Gasteiger partial charge in [0.15, 0.2) is 5.13 Å². The largest absolute Gasteiger partial charge is 0.315 e. The van der Waals surface area contributed by atoms with Crippen LogP contribution < -0.4 is 10.2 Å². The molecule has 4 rings (SSSR count). The van der Waals surface area contributed by atoms with Gasteiger partial charge < -0.3 is 10.2 Å². The summed E-state index contributed by atoms with van der Waals surface area (Å²) in [4.78, 5) is 46.9. The number of hydrogen-bond acceptors (Lipinski definition) is 5. The van der Waals surface area contributed by atoms with Crippen LogP contribution in [0.2, 0.25) is 0 Å². The Bertz CT molecular complexity index is 982. The van der Waals surface area contributed by atoms with Gasteiger partial charge in [0, 0.05) is 24.3 Å². The number of fused-ring (bicyclic) bond motifs is 3. The van der Waals surface area contributed by atoms with Crippen LogP contribution in [0, 0.1) is 13.8 Å². The normalized spacial score (nSPS) is 20.7. The number of anilines is 2. The highest BCUT2D eigenvalue weighted by atomic mass is 32.1. The molecule has 0 aliphatic carbocycles. The van der Waals surface area contributed by atoms with Crippen molar-refractivity contribution in [2.45, 2.75) is 52.1 Å². The average Bonchev–Trinajstić information content (AvgIpc) is 3.16. The minimum absolute atomic E-state index is 0.0321. The van der Waals surface area contributed by atoms with Crippen LogP contribution in [0.5, 0.6) is 0 Å². The molecule has 0 radical (unpaired) electrons. The number of benzene rings is 1. The van der Waals surface area contributed by atoms with E-state index in [0.717, 1.165) is 10.6 Å². The first-order chi connectivity index (χ1) is 13.8. The number of aromatic nitrogens is 1. The fraction of sp³-hybridized carbons (Fsp3) is 0.429. The molecule has 2 aliphatic heterocycles. The van der Waals surface area contributed by atoms with Gasteiger partial charge in [-0.15, -0.1) is 11.3 Å². The summed E-state index contributed by atoms with van der Waals surface area (Å²) in [6, 6.07) is 7.25. The quantitative estimate of drug-likeness (QED) is 0.815. The van der Waals surface area contributed by atoms with Crippen molar-refractivity contribution < 1.29 is 14.4 Å². The number of amides is 3. The second-order valence-electron chi connectivity index (χ2n) is 7.73. The number of hydrogen-bond donors (Lipinski definition) is 1. The molecule has 0 unspecified atom stereocenters. The number of carbonyl (C=O) groups excluding carboxylic acids is 3. The molecule has 152 valence electrons. The lowest BCUT2D eigenvalue weighted by Crippen LogP contribution is -2.62. The van der Waals surface area contributed by atoms with Crippen LogP contribution in [-0.2, 0) is 9.59 Å². The van der Waals surface area contributed by atoms with Crippen LogP contribution in [0.25, 0.3) is 0 Å². The topological polar surface area (TPSA) is 82.6 Å². The lowest BCUT2D eigenvalue weighted by molar-refractivity contribution is -0.118. The minimum atomic E-state index is -0.678. The highest BCUT2D eigenvalue weighted by molar-refractivity contribution is 7.15. The van der Waals surface area contributed by atoms with Crippen molar-refractivity contribution in [3.05, 3.63) is 40.4 Å². The van der Waals surface area contributed by atoms with Gasteiger partial charge in [0.1, 0.15) is 5.66 Å². The molecule has 3 heterocycles. The molecule has 29 heavy (non-hydrogen) atoms. The highest BCUT2D eigenvalue weighted by Gasteiger charge is 2.52. The standard InChI is InChI=1S/C21H24N4O3S/c1-13-14(2)29-20(22-13)23-17(26)9-6-12-24-19(28)15-7-4-5-8-16(15)25-18(27)10-11-21(24,25)3/h4-5,7-8H,6,9-12H2,1-3H3,(H,22,23,26)/t21-/m1/s1. The van der Waals surface area contributed by atoms with Crippen molar-refractivity contribution in [1.29, 1.82) is 0 Å². The van der Waals surface area contributed by atoms with Crippen molar-refractivity contribution in [2.75, 3.05) is 16.8 Å². The Morgan fingerprint density at radius 2 is 2.03 bits per heavy atom. The Labute approximate surface area is 173 Å². The first-order valence-corrected chi connectivity index (χ1v) is 10.6. The van der Waals surface area contributed by atoms with Gasteiger partial charge in [-0.25, -0.2) is 4.98 Å². The lowest BCUT2D eigenvalue weighted by atomic mass is 9.98. The van der Waals surface area contributed by atoms with Gasteiger partial charge in [-0.05, 0) is 45.7 Å². The van der Waals surface area contributed by atoms with E-state index in [9.17, 15) is 14.4 Å².